The van der Waals surface area contributed by atoms with Gasteiger partial charge in [-0.1, -0.05) is 0 Å². The third kappa shape index (κ3) is 4.81. The van der Waals surface area contributed by atoms with Gasteiger partial charge in [0.2, 0.25) is 0 Å². The van der Waals surface area contributed by atoms with Gasteiger partial charge in [-0.25, -0.2) is 0 Å². The zero-order chi connectivity index (χ0) is 12.0. The monoisotopic (exact) mass is 227 g/mol. The van der Waals surface area contributed by atoms with E-state index in [4.69, 9.17) is 0 Å². The Morgan fingerprint density at radius 2 is 1.94 bits per heavy atom. The molecule has 1 heterocycles. The van der Waals surface area contributed by atoms with Crippen molar-refractivity contribution in [2.24, 2.45) is 0 Å². The van der Waals surface area contributed by atoms with Crippen LogP contribution in [0.2, 0.25) is 0 Å². The van der Waals surface area contributed by atoms with Gasteiger partial charge < -0.3 is 15.1 Å². The van der Waals surface area contributed by atoms with E-state index < -0.39 is 0 Å². The van der Waals surface area contributed by atoms with Crippen molar-refractivity contribution in [2.45, 2.75) is 44.7 Å². The van der Waals surface area contributed by atoms with E-state index in [0.29, 0.717) is 6.04 Å². The van der Waals surface area contributed by atoms with E-state index in [9.17, 15) is 0 Å². The Morgan fingerprint density at radius 3 is 2.44 bits per heavy atom. The first-order chi connectivity index (χ1) is 7.63. The highest BCUT2D eigenvalue weighted by atomic mass is 15.2. The van der Waals surface area contributed by atoms with Crippen LogP contribution in [-0.4, -0.2) is 62.7 Å². The van der Waals surface area contributed by atoms with Crippen LogP contribution < -0.4 is 5.32 Å². The third-order valence-corrected chi connectivity index (χ3v) is 3.89. The molecule has 0 saturated carbocycles. The molecule has 1 aliphatic rings. The summed E-state index contributed by atoms with van der Waals surface area (Å²) in [7, 11) is 6.46. The normalized spacial score (nSPS) is 21.6. The Hall–Kier alpha value is -0.120. The molecule has 16 heavy (non-hydrogen) atoms. The van der Waals surface area contributed by atoms with Crippen molar-refractivity contribution in [1.82, 2.24) is 15.1 Å². The maximum absolute atomic E-state index is 3.30. The van der Waals surface area contributed by atoms with Crippen molar-refractivity contribution < 1.29 is 0 Å². The zero-order valence-corrected chi connectivity index (χ0v) is 11.5. The maximum Gasteiger partial charge on any atom is 0.0113 e. The number of likely N-dealkylation sites (tertiary alicyclic amines) is 1. The van der Waals surface area contributed by atoms with Crippen molar-refractivity contribution in [3.63, 3.8) is 0 Å². The summed E-state index contributed by atoms with van der Waals surface area (Å²) in [5.74, 6) is 0. The zero-order valence-electron chi connectivity index (χ0n) is 11.5. The predicted octanol–water partition coefficient (Wildman–Crippen LogP) is 1.40. The van der Waals surface area contributed by atoms with Gasteiger partial charge in [0.15, 0.2) is 0 Å². The van der Waals surface area contributed by atoms with E-state index in [0.717, 1.165) is 6.04 Å². The summed E-state index contributed by atoms with van der Waals surface area (Å²) in [6.07, 6.45) is 5.31. The summed E-state index contributed by atoms with van der Waals surface area (Å²) in [5, 5.41) is 3.30. The molecule has 1 aliphatic heterocycles. The topological polar surface area (TPSA) is 18.5 Å². The molecule has 0 aromatic heterocycles. The van der Waals surface area contributed by atoms with Crippen LogP contribution in [0.3, 0.4) is 0 Å². The molecule has 1 saturated heterocycles. The maximum atomic E-state index is 3.30. The molecule has 0 spiro atoms. The lowest BCUT2D eigenvalue weighted by Crippen LogP contribution is -2.42. The number of rotatable bonds is 6. The van der Waals surface area contributed by atoms with Gasteiger partial charge in [0.25, 0.3) is 0 Å². The molecule has 1 rings (SSSR count). The van der Waals surface area contributed by atoms with E-state index in [1.165, 1.54) is 45.3 Å². The van der Waals surface area contributed by atoms with E-state index >= 15 is 0 Å². The van der Waals surface area contributed by atoms with Gasteiger partial charge in [-0.3, -0.25) is 0 Å². The third-order valence-electron chi connectivity index (χ3n) is 3.89. The van der Waals surface area contributed by atoms with Crippen LogP contribution in [0.4, 0.5) is 0 Å². The first kappa shape index (κ1) is 13.9. The second-order valence-corrected chi connectivity index (χ2v) is 5.37. The number of nitrogens with zero attached hydrogens (tertiary/aromatic N) is 2. The number of hydrogen-bond donors (Lipinski definition) is 1. The Balaban J connectivity index is 2.08. The van der Waals surface area contributed by atoms with Gasteiger partial charge in [-0.2, -0.15) is 0 Å². The quantitative estimate of drug-likeness (QED) is 0.740. The molecule has 1 unspecified atom stereocenters. The standard InChI is InChI=1S/C13H29N3/c1-12(14-2)6-5-9-16-10-7-13(8-11-16)15(3)4/h12-14H,5-11H2,1-4H3. The van der Waals surface area contributed by atoms with Gasteiger partial charge in [0.05, 0.1) is 0 Å². The molecule has 3 heteroatoms. The molecule has 0 aromatic carbocycles. The highest BCUT2D eigenvalue weighted by Crippen LogP contribution is 2.14. The van der Waals surface area contributed by atoms with E-state index in [2.05, 4.69) is 36.1 Å². The second-order valence-electron chi connectivity index (χ2n) is 5.37. The summed E-state index contributed by atoms with van der Waals surface area (Å²) >= 11 is 0. The largest absolute Gasteiger partial charge is 0.317 e. The minimum Gasteiger partial charge on any atom is -0.317 e. The lowest BCUT2D eigenvalue weighted by atomic mass is 10.0. The Kier molecular flexibility index (Phi) is 6.32. The van der Waals surface area contributed by atoms with E-state index in [1.54, 1.807) is 0 Å². The summed E-state index contributed by atoms with van der Waals surface area (Å²) < 4.78 is 0. The SMILES string of the molecule is CNC(C)CCCN1CCC(N(C)C)CC1. The first-order valence-corrected chi connectivity index (χ1v) is 6.69. The van der Waals surface area contributed by atoms with Crippen molar-refractivity contribution >= 4 is 0 Å². The van der Waals surface area contributed by atoms with Gasteiger partial charge >= 0.3 is 0 Å². The Labute approximate surface area is 101 Å². The minimum atomic E-state index is 0.666. The number of piperidine rings is 1. The summed E-state index contributed by atoms with van der Waals surface area (Å²) in [4.78, 5) is 5.00. The van der Waals surface area contributed by atoms with Crippen LogP contribution in [0.1, 0.15) is 32.6 Å². The minimum absolute atomic E-state index is 0.666. The average Bonchev–Trinajstić information content (AvgIpc) is 2.29. The van der Waals surface area contributed by atoms with Crippen LogP contribution in [0, 0.1) is 0 Å². The highest BCUT2D eigenvalue weighted by molar-refractivity contribution is 4.76. The van der Waals surface area contributed by atoms with Gasteiger partial charge in [0, 0.05) is 12.1 Å². The van der Waals surface area contributed by atoms with E-state index in [-0.39, 0.29) is 0 Å². The van der Waals surface area contributed by atoms with Crippen LogP contribution >= 0.6 is 0 Å². The average molecular weight is 227 g/mol. The second kappa shape index (κ2) is 7.25. The molecule has 96 valence electrons. The van der Waals surface area contributed by atoms with Crippen molar-refractivity contribution in [1.29, 1.82) is 0 Å². The Bertz CT molecular complexity index is 174. The summed E-state index contributed by atoms with van der Waals surface area (Å²) in [6, 6.07) is 1.48. The molecule has 1 N–H and O–H groups in total. The fourth-order valence-corrected chi connectivity index (χ4v) is 2.42. The van der Waals surface area contributed by atoms with Crippen LogP contribution in [0.5, 0.6) is 0 Å². The van der Waals surface area contributed by atoms with Crippen molar-refractivity contribution in [2.75, 3.05) is 40.8 Å². The van der Waals surface area contributed by atoms with E-state index in [1.807, 2.05) is 7.05 Å². The fraction of sp³-hybridized carbons (Fsp3) is 1.00. The lowest BCUT2D eigenvalue weighted by molar-refractivity contribution is 0.142. The molecule has 1 atom stereocenters. The fourth-order valence-electron chi connectivity index (χ4n) is 2.42. The van der Waals surface area contributed by atoms with Crippen LogP contribution in [-0.2, 0) is 0 Å². The molecule has 0 aromatic rings. The first-order valence-electron chi connectivity index (χ1n) is 6.69. The van der Waals surface area contributed by atoms with Crippen LogP contribution in [0.25, 0.3) is 0 Å². The highest BCUT2D eigenvalue weighted by Gasteiger charge is 2.19. The molecular formula is C13H29N3. The molecular weight excluding hydrogens is 198 g/mol. The van der Waals surface area contributed by atoms with Gasteiger partial charge in [-0.05, 0) is 73.4 Å². The van der Waals surface area contributed by atoms with Crippen LogP contribution in [0.15, 0.2) is 0 Å². The number of hydrogen-bond acceptors (Lipinski definition) is 3. The summed E-state index contributed by atoms with van der Waals surface area (Å²) in [5.41, 5.74) is 0. The lowest BCUT2D eigenvalue weighted by Gasteiger charge is -2.35. The predicted molar refractivity (Wildman–Crippen MR) is 70.9 cm³/mol. The molecule has 0 aliphatic carbocycles. The number of nitrogens with one attached hydrogen (secondary N) is 1. The van der Waals surface area contributed by atoms with Gasteiger partial charge in [0.1, 0.15) is 0 Å². The smallest absolute Gasteiger partial charge is 0.0113 e. The molecule has 0 radical (unpaired) electrons. The molecule has 3 nitrogen and oxygen atoms in total. The molecule has 0 amide bonds. The van der Waals surface area contributed by atoms with Crippen molar-refractivity contribution in [3.05, 3.63) is 0 Å². The summed E-state index contributed by atoms with van der Waals surface area (Å²) in [6.45, 7) is 6.12. The Morgan fingerprint density at radius 1 is 1.31 bits per heavy atom. The van der Waals surface area contributed by atoms with Gasteiger partial charge in [-0.15, -0.1) is 0 Å². The molecule has 1 fully saturated rings. The molecule has 0 bridgehead atoms. The van der Waals surface area contributed by atoms with Crippen molar-refractivity contribution in [3.8, 4) is 0 Å².